The Kier molecular flexibility index (Phi) is 4.48. The number of hydrogen-bond donors (Lipinski definition) is 0. The monoisotopic (exact) mass is 287 g/mol. The maximum absolute atomic E-state index is 11.9. The van der Waals surface area contributed by atoms with Crippen molar-refractivity contribution in [2.75, 3.05) is 13.6 Å². The summed E-state index contributed by atoms with van der Waals surface area (Å²) in [6.07, 6.45) is 0. The summed E-state index contributed by atoms with van der Waals surface area (Å²) in [7, 11) is 1.38. The third-order valence-corrected chi connectivity index (χ3v) is 2.91. The number of non-ortho nitro benzene ring substituents is 1. The highest BCUT2D eigenvalue weighted by Gasteiger charge is 2.21. The molecule has 1 aromatic rings. The molecule has 0 radical (unpaired) electrons. The van der Waals surface area contributed by atoms with Gasteiger partial charge in [-0.05, 0) is 0 Å². The first-order chi connectivity index (χ1) is 8.38. The molecular formula is C10H7Cl2N3O3. The number of rotatable bonds is 3. The van der Waals surface area contributed by atoms with Crippen LogP contribution in [0.15, 0.2) is 12.1 Å². The van der Waals surface area contributed by atoms with E-state index in [0.717, 1.165) is 17.0 Å². The maximum atomic E-state index is 11.9. The Morgan fingerprint density at radius 2 is 2.17 bits per heavy atom. The molecule has 0 atom stereocenters. The SMILES string of the molecule is CN(CC#N)C(=O)c1cc([N+](=O)[O-])cc(Cl)c1Cl. The highest BCUT2D eigenvalue weighted by molar-refractivity contribution is 6.44. The lowest BCUT2D eigenvalue weighted by atomic mass is 10.1. The lowest BCUT2D eigenvalue weighted by molar-refractivity contribution is -0.384. The first-order valence-corrected chi connectivity index (χ1v) is 5.40. The molecule has 0 aliphatic carbocycles. The zero-order chi connectivity index (χ0) is 13.9. The average molecular weight is 288 g/mol. The van der Waals surface area contributed by atoms with Gasteiger partial charge in [-0.2, -0.15) is 5.26 Å². The van der Waals surface area contributed by atoms with Gasteiger partial charge in [0.25, 0.3) is 11.6 Å². The summed E-state index contributed by atoms with van der Waals surface area (Å²) < 4.78 is 0. The molecule has 94 valence electrons. The van der Waals surface area contributed by atoms with Crippen LogP contribution in [-0.2, 0) is 0 Å². The molecule has 18 heavy (non-hydrogen) atoms. The van der Waals surface area contributed by atoms with Gasteiger partial charge in [0.15, 0.2) is 0 Å². The zero-order valence-electron chi connectivity index (χ0n) is 9.18. The number of nitro groups is 1. The van der Waals surface area contributed by atoms with Gasteiger partial charge < -0.3 is 4.90 Å². The summed E-state index contributed by atoms with van der Waals surface area (Å²) >= 11 is 11.5. The largest absolute Gasteiger partial charge is 0.328 e. The summed E-state index contributed by atoms with van der Waals surface area (Å²) in [6.45, 7) is -0.157. The first-order valence-electron chi connectivity index (χ1n) is 4.64. The van der Waals surface area contributed by atoms with Crippen LogP contribution >= 0.6 is 23.2 Å². The molecule has 0 aromatic heterocycles. The van der Waals surface area contributed by atoms with Crippen LogP contribution in [0.2, 0.25) is 10.0 Å². The second-order valence-electron chi connectivity index (χ2n) is 3.37. The van der Waals surface area contributed by atoms with E-state index in [1.54, 1.807) is 6.07 Å². The van der Waals surface area contributed by atoms with Crippen molar-refractivity contribution in [3.05, 3.63) is 37.9 Å². The second kappa shape index (κ2) is 5.67. The Bertz CT molecular complexity index is 554. The van der Waals surface area contributed by atoms with Crippen LogP contribution in [0, 0.1) is 21.4 Å². The van der Waals surface area contributed by atoms with Gasteiger partial charge in [-0.25, -0.2) is 0 Å². The molecule has 0 fully saturated rings. The fourth-order valence-electron chi connectivity index (χ4n) is 1.22. The average Bonchev–Trinajstić information content (AvgIpc) is 2.31. The molecule has 0 aliphatic rings. The van der Waals surface area contributed by atoms with E-state index in [2.05, 4.69) is 0 Å². The summed E-state index contributed by atoms with van der Waals surface area (Å²) in [5.41, 5.74) is -0.438. The van der Waals surface area contributed by atoms with E-state index in [1.165, 1.54) is 7.05 Å². The molecular weight excluding hydrogens is 281 g/mol. The minimum Gasteiger partial charge on any atom is -0.328 e. The highest BCUT2D eigenvalue weighted by Crippen LogP contribution is 2.31. The van der Waals surface area contributed by atoms with Gasteiger partial charge >= 0.3 is 0 Å². The van der Waals surface area contributed by atoms with Crippen molar-refractivity contribution in [3.8, 4) is 6.07 Å². The Hall–Kier alpha value is -1.84. The van der Waals surface area contributed by atoms with Gasteiger partial charge in [-0.1, -0.05) is 23.2 Å². The normalized spacial score (nSPS) is 9.67. The van der Waals surface area contributed by atoms with Crippen molar-refractivity contribution in [1.29, 1.82) is 5.26 Å². The van der Waals surface area contributed by atoms with Gasteiger partial charge in [-0.15, -0.1) is 0 Å². The number of carbonyl (C=O) groups excluding carboxylic acids is 1. The quantitative estimate of drug-likeness (QED) is 0.485. The number of hydrogen-bond acceptors (Lipinski definition) is 4. The summed E-state index contributed by atoms with van der Waals surface area (Å²) in [5.74, 6) is -0.604. The first kappa shape index (κ1) is 14.2. The van der Waals surface area contributed by atoms with E-state index in [9.17, 15) is 14.9 Å². The molecule has 0 spiro atoms. The number of halogens is 2. The van der Waals surface area contributed by atoms with Crippen molar-refractivity contribution in [2.24, 2.45) is 0 Å². The lowest BCUT2D eigenvalue weighted by Crippen LogP contribution is -2.27. The van der Waals surface area contributed by atoms with E-state index in [4.69, 9.17) is 28.5 Å². The Morgan fingerprint density at radius 3 is 2.67 bits per heavy atom. The molecule has 0 N–H and O–H groups in total. The maximum Gasteiger partial charge on any atom is 0.271 e. The van der Waals surface area contributed by atoms with E-state index in [-0.39, 0.29) is 27.8 Å². The third-order valence-electron chi connectivity index (χ3n) is 2.11. The molecule has 0 heterocycles. The summed E-state index contributed by atoms with van der Waals surface area (Å²) in [4.78, 5) is 23.0. The highest BCUT2D eigenvalue weighted by atomic mass is 35.5. The van der Waals surface area contributed by atoms with Crippen LogP contribution in [0.3, 0.4) is 0 Å². The molecule has 0 aliphatic heterocycles. The van der Waals surface area contributed by atoms with Crippen molar-refractivity contribution in [3.63, 3.8) is 0 Å². The van der Waals surface area contributed by atoms with Crippen LogP contribution in [0.25, 0.3) is 0 Å². The third kappa shape index (κ3) is 2.88. The molecule has 1 amide bonds. The number of nitrogens with zero attached hydrogens (tertiary/aromatic N) is 3. The fourth-order valence-corrected chi connectivity index (χ4v) is 1.62. The van der Waals surface area contributed by atoms with Gasteiger partial charge in [0.2, 0.25) is 0 Å². The molecule has 0 saturated heterocycles. The van der Waals surface area contributed by atoms with E-state index in [0.29, 0.717) is 0 Å². The minimum absolute atomic E-state index is 0.0722. The number of amides is 1. The molecule has 8 heteroatoms. The predicted octanol–water partition coefficient (Wildman–Crippen LogP) is 2.50. The van der Waals surface area contributed by atoms with Gasteiger partial charge in [0, 0.05) is 19.2 Å². The van der Waals surface area contributed by atoms with E-state index >= 15 is 0 Å². The van der Waals surface area contributed by atoms with Crippen LogP contribution in [-0.4, -0.2) is 29.3 Å². The molecule has 1 rings (SSSR count). The number of benzene rings is 1. The van der Waals surface area contributed by atoms with Crippen molar-refractivity contribution >= 4 is 34.8 Å². The lowest BCUT2D eigenvalue weighted by Gasteiger charge is -2.14. The van der Waals surface area contributed by atoms with Gasteiger partial charge in [0.05, 0.1) is 26.6 Å². The Balaban J connectivity index is 3.28. The van der Waals surface area contributed by atoms with Crippen LogP contribution < -0.4 is 0 Å². The number of nitriles is 1. The molecule has 0 saturated carbocycles. The molecule has 6 nitrogen and oxygen atoms in total. The van der Waals surface area contributed by atoms with Gasteiger partial charge in [-0.3, -0.25) is 14.9 Å². The smallest absolute Gasteiger partial charge is 0.271 e. The minimum atomic E-state index is -0.677. The number of carbonyl (C=O) groups is 1. The van der Waals surface area contributed by atoms with E-state index < -0.39 is 10.8 Å². The van der Waals surface area contributed by atoms with Crippen molar-refractivity contribution < 1.29 is 9.72 Å². The van der Waals surface area contributed by atoms with Gasteiger partial charge in [0.1, 0.15) is 6.54 Å². The number of nitro benzene ring substituents is 1. The van der Waals surface area contributed by atoms with Crippen LogP contribution in [0.4, 0.5) is 5.69 Å². The van der Waals surface area contributed by atoms with Crippen molar-refractivity contribution in [1.82, 2.24) is 4.90 Å². The Labute approximate surface area is 112 Å². The fraction of sp³-hybridized carbons (Fsp3) is 0.200. The van der Waals surface area contributed by atoms with Crippen LogP contribution in [0.5, 0.6) is 0 Å². The Morgan fingerprint density at radius 1 is 1.56 bits per heavy atom. The summed E-state index contributed by atoms with van der Waals surface area (Å²) in [5, 5.41) is 19.0. The molecule has 0 unspecified atom stereocenters. The predicted molar refractivity (Wildman–Crippen MR) is 65.7 cm³/mol. The summed E-state index contributed by atoms with van der Waals surface area (Å²) in [6, 6.07) is 3.88. The van der Waals surface area contributed by atoms with E-state index in [1.807, 2.05) is 0 Å². The molecule has 0 bridgehead atoms. The van der Waals surface area contributed by atoms with Crippen LogP contribution in [0.1, 0.15) is 10.4 Å². The zero-order valence-corrected chi connectivity index (χ0v) is 10.7. The standard InChI is InChI=1S/C10H7Cl2N3O3/c1-14(3-2-13)10(16)7-4-6(15(17)18)5-8(11)9(7)12/h4-5H,3H2,1H3. The second-order valence-corrected chi connectivity index (χ2v) is 4.15. The topological polar surface area (TPSA) is 87.2 Å². The molecule has 1 aromatic carbocycles. The van der Waals surface area contributed by atoms with Crippen molar-refractivity contribution in [2.45, 2.75) is 0 Å².